The van der Waals surface area contributed by atoms with E-state index in [4.69, 9.17) is 10.5 Å². The van der Waals surface area contributed by atoms with Crippen LogP contribution in [0.3, 0.4) is 0 Å². The van der Waals surface area contributed by atoms with Gasteiger partial charge in [-0.15, -0.1) is 12.4 Å². The van der Waals surface area contributed by atoms with Gasteiger partial charge in [-0.05, 0) is 47.9 Å². The van der Waals surface area contributed by atoms with E-state index < -0.39 is 0 Å². The number of carbonyl (C=O) groups is 1. The van der Waals surface area contributed by atoms with Gasteiger partial charge in [-0.25, -0.2) is 4.39 Å². The third-order valence-corrected chi connectivity index (χ3v) is 3.43. The van der Waals surface area contributed by atoms with Crippen LogP contribution in [0.15, 0.2) is 48.5 Å². The van der Waals surface area contributed by atoms with E-state index in [1.165, 1.54) is 12.1 Å². The molecule has 0 saturated carbocycles. The van der Waals surface area contributed by atoms with Crippen molar-refractivity contribution in [2.24, 2.45) is 5.73 Å². The zero-order chi connectivity index (χ0) is 16.7. The quantitative estimate of drug-likeness (QED) is 0.798. The van der Waals surface area contributed by atoms with Gasteiger partial charge in [0.15, 0.2) is 0 Å². The van der Waals surface area contributed by atoms with Gasteiger partial charge < -0.3 is 15.8 Å². The molecule has 0 saturated heterocycles. The summed E-state index contributed by atoms with van der Waals surface area (Å²) in [4.78, 5) is 12.1. The second-order valence-corrected chi connectivity index (χ2v) is 5.37. The molecule has 1 amide bonds. The topological polar surface area (TPSA) is 64.3 Å². The normalized spacial score (nSPS) is 11.3. The number of benzene rings is 2. The lowest BCUT2D eigenvalue weighted by Crippen LogP contribution is -2.14. The van der Waals surface area contributed by atoms with Crippen LogP contribution in [0.4, 0.5) is 10.1 Å². The van der Waals surface area contributed by atoms with Gasteiger partial charge in [-0.1, -0.05) is 19.1 Å². The molecule has 0 heterocycles. The number of hydrogen-bond acceptors (Lipinski definition) is 3. The summed E-state index contributed by atoms with van der Waals surface area (Å²) in [6.45, 7) is 2.81. The van der Waals surface area contributed by atoms with E-state index in [9.17, 15) is 9.18 Å². The molecule has 0 aliphatic carbocycles. The number of nitrogens with one attached hydrogen (secondary N) is 1. The molecule has 0 radical (unpaired) electrons. The maximum atomic E-state index is 13.2. The average Bonchev–Trinajstić information content (AvgIpc) is 2.54. The van der Waals surface area contributed by atoms with Crippen molar-refractivity contribution in [3.05, 3.63) is 59.9 Å². The van der Waals surface area contributed by atoms with Crippen LogP contribution in [0.5, 0.6) is 5.75 Å². The lowest BCUT2D eigenvalue weighted by Gasteiger charge is -2.12. The van der Waals surface area contributed by atoms with Crippen molar-refractivity contribution >= 4 is 24.0 Å². The number of carbonyl (C=O) groups excluding carboxylic acids is 1. The molecule has 0 aromatic heterocycles. The number of halogens is 2. The highest BCUT2D eigenvalue weighted by Gasteiger charge is 2.12. The zero-order valence-electron chi connectivity index (χ0n) is 13.5. The second-order valence-electron chi connectivity index (χ2n) is 5.37. The van der Waals surface area contributed by atoms with Crippen LogP contribution in [0.25, 0.3) is 0 Å². The van der Waals surface area contributed by atoms with Crippen LogP contribution in [0.2, 0.25) is 0 Å². The molecule has 1 atom stereocenters. The minimum absolute atomic E-state index is 0. The third-order valence-electron chi connectivity index (χ3n) is 3.43. The summed E-state index contributed by atoms with van der Waals surface area (Å²) in [5.74, 6) is 0.250. The van der Waals surface area contributed by atoms with Crippen molar-refractivity contribution in [2.75, 3.05) is 18.5 Å². The number of rotatable bonds is 7. The lowest BCUT2D eigenvalue weighted by atomic mass is 9.97. The zero-order valence-corrected chi connectivity index (χ0v) is 14.3. The maximum absolute atomic E-state index is 13.2. The predicted molar refractivity (Wildman–Crippen MR) is 96.3 cm³/mol. The van der Waals surface area contributed by atoms with Crippen molar-refractivity contribution in [1.29, 1.82) is 0 Å². The minimum atomic E-state index is -0.289. The predicted octanol–water partition coefficient (Wildman–Crippen LogP) is 3.72. The fourth-order valence-electron chi connectivity index (χ4n) is 2.23. The van der Waals surface area contributed by atoms with Crippen molar-refractivity contribution < 1.29 is 13.9 Å². The summed E-state index contributed by atoms with van der Waals surface area (Å²) in [5, 5.41) is 2.83. The van der Waals surface area contributed by atoms with Gasteiger partial charge in [0.05, 0.1) is 0 Å². The van der Waals surface area contributed by atoms with Gasteiger partial charge in [0, 0.05) is 18.7 Å². The van der Waals surface area contributed by atoms with Crippen LogP contribution in [0.1, 0.15) is 24.8 Å². The van der Waals surface area contributed by atoms with Crippen LogP contribution >= 0.6 is 12.4 Å². The highest BCUT2D eigenvalue weighted by Crippen LogP contribution is 2.21. The molecule has 24 heavy (non-hydrogen) atoms. The monoisotopic (exact) mass is 352 g/mol. The summed E-state index contributed by atoms with van der Waals surface area (Å²) >= 11 is 0. The van der Waals surface area contributed by atoms with Gasteiger partial charge in [-0.2, -0.15) is 0 Å². The Kier molecular flexibility index (Phi) is 8.22. The SMILES string of the molecule is CC(CC(=O)Nc1ccc(OCCN)cc1)c1cccc(F)c1.Cl. The van der Waals surface area contributed by atoms with E-state index in [-0.39, 0.29) is 36.5 Å². The molecule has 2 aromatic carbocycles. The van der Waals surface area contributed by atoms with Crippen molar-refractivity contribution in [3.8, 4) is 5.75 Å². The molecule has 6 heteroatoms. The van der Waals surface area contributed by atoms with E-state index in [1.54, 1.807) is 30.3 Å². The third kappa shape index (κ3) is 6.18. The van der Waals surface area contributed by atoms with Gasteiger partial charge >= 0.3 is 0 Å². The summed E-state index contributed by atoms with van der Waals surface area (Å²) < 4.78 is 18.6. The maximum Gasteiger partial charge on any atom is 0.224 e. The van der Waals surface area contributed by atoms with Gasteiger partial charge in [0.25, 0.3) is 0 Å². The van der Waals surface area contributed by atoms with Crippen LogP contribution in [0, 0.1) is 5.82 Å². The van der Waals surface area contributed by atoms with Crippen LogP contribution in [-0.2, 0) is 4.79 Å². The molecule has 3 N–H and O–H groups in total. The Morgan fingerprint density at radius 3 is 2.58 bits per heavy atom. The van der Waals surface area contributed by atoms with Gasteiger partial charge in [-0.3, -0.25) is 4.79 Å². The Hall–Kier alpha value is -2.11. The molecule has 0 fully saturated rings. The first kappa shape index (κ1) is 19.9. The summed E-state index contributed by atoms with van der Waals surface area (Å²) in [5.41, 5.74) is 6.88. The summed E-state index contributed by atoms with van der Waals surface area (Å²) in [7, 11) is 0. The molecule has 0 bridgehead atoms. The molecule has 0 aliphatic heterocycles. The molecule has 130 valence electrons. The minimum Gasteiger partial charge on any atom is -0.492 e. The number of nitrogens with two attached hydrogens (primary N) is 1. The molecule has 2 aromatic rings. The van der Waals surface area contributed by atoms with E-state index in [0.29, 0.717) is 24.6 Å². The Bertz CT molecular complexity index is 650. The van der Waals surface area contributed by atoms with E-state index in [0.717, 1.165) is 5.56 Å². The Balaban J connectivity index is 0.00000288. The largest absolute Gasteiger partial charge is 0.492 e. The molecule has 0 spiro atoms. The van der Waals surface area contributed by atoms with Crippen molar-refractivity contribution in [2.45, 2.75) is 19.3 Å². The van der Waals surface area contributed by atoms with E-state index in [1.807, 2.05) is 13.0 Å². The number of hydrogen-bond donors (Lipinski definition) is 2. The van der Waals surface area contributed by atoms with E-state index in [2.05, 4.69) is 5.32 Å². The fraction of sp³-hybridized carbons (Fsp3) is 0.278. The van der Waals surface area contributed by atoms with Crippen molar-refractivity contribution in [3.63, 3.8) is 0 Å². The second kappa shape index (κ2) is 9.90. The summed E-state index contributed by atoms with van der Waals surface area (Å²) in [6, 6.07) is 13.4. The number of ether oxygens (including phenoxy) is 1. The molecule has 4 nitrogen and oxygen atoms in total. The highest BCUT2D eigenvalue weighted by atomic mass is 35.5. The Morgan fingerprint density at radius 2 is 1.96 bits per heavy atom. The molecule has 2 rings (SSSR count). The molecule has 0 aliphatic rings. The smallest absolute Gasteiger partial charge is 0.224 e. The Morgan fingerprint density at radius 1 is 1.25 bits per heavy atom. The van der Waals surface area contributed by atoms with E-state index >= 15 is 0 Å². The first-order valence-corrected chi connectivity index (χ1v) is 7.56. The van der Waals surface area contributed by atoms with Gasteiger partial charge in [0.2, 0.25) is 5.91 Å². The van der Waals surface area contributed by atoms with Crippen molar-refractivity contribution in [1.82, 2.24) is 0 Å². The Labute approximate surface area is 147 Å². The first-order chi connectivity index (χ1) is 11.1. The molecular formula is C18H22ClFN2O2. The molecule has 1 unspecified atom stereocenters. The summed E-state index contributed by atoms with van der Waals surface area (Å²) in [6.07, 6.45) is 0.287. The number of amides is 1. The van der Waals surface area contributed by atoms with Crippen LogP contribution < -0.4 is 15.8 Å². The first-order valence-electron chi connectivity index (χ1n) is 7.56. The standard InChI is InChI=1S/C18H21FN2O2.ClH/c1-13(14-3-2-4-15(19)12-14)11-18(22)21-16-5-7-17(8-6-16)23-10-9-20;/h2-8,12-13H,9-11,20H2,1H3,(H,21,22);1H. The molecular weight excluding hydrogens is 331 g/mol. The average molecular weight is 353 g/mol. The van der Waals surface area contributed by atoms with Crippen LogP contribution in [-0.4, -0.2) is 19.1 Å². The number of anilines is 1. The highest BCUT2D eigenvalue weighted by molar-refractivity contribution is 5.91. The lowest BCUT2D eigenvalue weighted by molar-refractivity contribution is -0.116. The van der Waals surface area contributed by atoms with Gasteiger partial charge in [0.1, 0.15) is 18.2 Å². The fourth-order valence-corrected chi connectivity index (χ4v) is 2.23.